The van der Waals surface area contributed by atoms with E-state index in [1.165, 1.54) is 0 Å². The van der Waals surface area contributed by atoms with E-state index in [0.29, 0.717) is 19.6 Å². The summed E-state index contributed by atoms with van der Waals surface area (Å²) in [6.45, 7) is 8.30. The fraction of sp³-hybridized carbons (Fsp3) is 1.00. The van der Waals surface area contributed by atoms with Gasteiger partial charge in [0.25, 0.3) is 0 Å². The Morgan fingerprint density at radius 3 is 2.24 bits per heavy atom. The zero-order valence-corrected chi connectivity index (χ0v) is 11.0. The van der Waals surface area contributed by atoms with Crippen LogP contribution >= 0.6 is 0 Å². The maximum atomic E-state index is 9.54. The summed E-state index contributed by atoms with van der Waals surface area (Å²) in [5.41, 5.74) is -0.669. The molecule has 0 bridgehead atoms. The van der Waals surface area contributed by atoms with Gasteiger partial charge in [-0.3, -0.25) is 0 Å². The van der Waals surface area contributed by atoms with Gasteiger partial charge in [0.1, 0.15) is 5.60 Å². The Labute approximate surface area is 102 Å². The summed E-state index contributed by atoms with van der Waals surface area (Å²) < 4.78 is 22.6. The van der Waals surface area contributed by atoms with Crippen LogP contribution in [0.15, 0.2) is 0 Å². The second kappa shape index (κ2) is 4.17. The highest BCUT2D eigenvalue weighted by Crippen LogP contribution is 2.36. The van der Waals surface area contributed by atoms with Crippen molar-refractivity contribution in [2.24, 2.45) is 0 Å². The largest absolute Gasteiger partial charge is 0.393 e. The monoisotopic (exact) mass is 246 g/mol. The van der Waals surface area contributed by atoms with E-state index in [-0.39, 0.29) is 12.7 Å². The van der Waals surface area contributed by atoms with E-state index in [2.05, 4.69) is 0 Å². The van der Waals surface area contributed by atoms with Gasteiger partial charge >= 0.3 is 0 Å². The van der Waals surface area contributed by atoms with Crippen molar-refractivity contribution in [3.8, 4) is 0 Å². The number of ether oxygens (including phenoxy) is 4. The average Bonchev–Trinajstić information content (AvgIpc) is 2.68. The molecule has 5 heteroatoms. The van der Waals surface area contributed by atoms with E-state index < -0.39 is 17.2 Å². The summed E-state index contributed by atoms with van der Waals surface area (Å²) >= 11 is 0. The van der Waals surface area contributed by atoms with Crippen molar-refractivity contribution in [2.45, 2.75) is 57.4 Å². The number of hydrogen-bond acceptors (Lipinski definition) is 5. The van der Waals surface area contributed by atoms with Gasteiger partial charge in [0.2, 0.25) is 0 Å². The van der Waals surface area contributed by atoms with Crippen LogP contribution in [0.3, 0.4) is 0 Å². The first-order valence-corrected chi connectivity index (χ1v) is 6.03. The van der Waals surface area contributed by atoms with Gasteiger partial charge in [-0.15, -0.1) is 0 Å². The van der Waals surface area contributed by atoms with Gasteiger partial charge in [-0.1, -0.05) is 0 Å². The summed E-state index contributed by atoms with van der Waals surface area (Å²) in [6, 6.07) is 0. The normalized spacial score (nSPS) is 39.7. The summed E-state index contributed by atoms with van der Waals surface area (Å²) in [7, 11) is 0. The van der Waals surface area contributed by atoms with Crippen molar-refractivity contribution in [3.63, 3.8) is 0 Å². The van der Waals surface area contributed by atoms with Gasteiger partial charge in [-0.05, 0) is 27.7 Å². The lowest BCUT2D eigenvalue weighted by atomic mass is 9.98. The lowest BCUT2D eigenvalue weighted by Crippen LogP contribution is -2.42. The predicted molar refractivity (Wildman–Crippen MR) is 60.5 cm³/mol. The Balaban J connectivity index is 1.97. The van der Waals surface area contributed by atoms with Crippen LogP contribution in [0, 0.1) is 0 Å². The molecule has 0 amide bonds. The molecule has 2 rings (SSSR count). The van der Waals surface area contributed by atoms with Gasteiger partial charge in [0.05, 0.1) is 25.9 Å². The Kier molecular flexibility index (Phi) is 3.25. The smallest absolute Gasteiger partial charge is 0.163 e. The van der Waals surface area contributed by atoms with Crippen molar-refractivity contribution in [1.29, 1.82) is 0 Å². The van der Waals surface area contributed by atoms with Crippen LogP contribution in [0.25, 0.3) is 0 Å². The molecule has 0 aromatic heterocycles. The molecule has 2 atom stereocenters. The van der Waals surface area contributed by atoms with Crippen LogP contribution in [-0.4, -0.2) is 48.2 Å². The van der Waals surface area contributed by atoms with Crippen molar-refractivity contribution in [1.82, 2.24) is 0 Å². The Bertz CT molecular complexity index is 289. The van der Waals surface area contributed by atoms with Gasteiger partial charge in [-0.2, -0.15) is 0 Å². The van der Waals surface area contributed by atoms with Crippen LogP contribution < -0.4 is 0 Å². The van der Waals surface area contributed by atoms with Crippen LogP contribution in [0.5, 0.6) is 0 Å². The molecular weight excluding hydrogens is 224 g/mol. The number of aliphatic hydroxyl groups is 1. The van der Waals surface area contributed by atoms with E-state index in [0.717, 1.165) is 0 Å². The maximum absolute atomic E-state index is 9.54. The van der Waals surface area contributed by atoms with Crippen molar-refractivity contribution in [3.05, 3.63) is 0 Å². The van der Waals surface area contributed by atoms with E-state index in [1.807, 2.05) is 27.7 Å². The van der Waals surface area contributed by atoms with Crippen molar-refractivity contribution >= 4 is 0 Å². The maximum Gasteiger partial charge on any atom is 0.163 e. The van der Waals surface area contributed by atoms with Crippen LogP contribution in [0.2, 0.25) is 0 Å². The molecule has 0 aromatic rings. The molecule has 0 spiro atoms. The molecule has 2 aliphatic heterocycles. The fourth-order valence-corrected chi connectivity index (χ4v) is 2.41. The molecule has 0 saturated carbocycles. The SMILES string of the molecule is CC1(C)OC[C@H](C[C@]2(CO)COC(C)(C)O2)O1. The Morgan fingerprint density at radius 2 is 1.82 bits per heavy atom. The summed E-state index contributed by atoms with van der Waals surface area (Å²) in [5, 5.41) is 9.54. The number of hydrogen-bond donors (Lipinski definition) is 1. The highest BCUT2D eigenvalue weighted by atomic mass is 16.8. The van der Waals surface area contributed by atoms with E-state index in [1.54, 1.807) is 0 Å². The molecule has 0 radical (unpaired) electrons. The molecule has 2 fully saturated rings. The zero-order chi connectivity index (χ0) is 12.7. The third kappa shape index (κ3) is 2.98. The third-order valence-corrected chi connectivity index (χ3v) is 3.10. The summed E-state index contributed by atoms with van der Waals surface area (Å²) in [5.74, 6) is -1.19. The van der Waals surface area contributed by atoms with Gasteiger partial charge < -0.3 is 24.1 Å². The first-order valence-electron chi connectivity index (χ1n) is 6.03. The Morgan fingerprint density at radius 1 is 1.12 bits per heavy atom. The fourth-order valence-electron chi connectivity index (χ4n) is 2.41. The third-order valence-electron chi connectivity index (χ3n) is 3.10. The molecule has 2 saturated heterocycles. The lowest BCUT2D eigenvalue weighted by molar-refractivity contribution is -0.182. The molecule has 2 heterocycles. The van der Waals surface area contributed by atoms with Crippen molar-refractivity contribution < 1.29 is 24.1 Å². The molecule has 17 heavy (non-hydrogen) atoms. The average molecular weight is 246 g/mol. The van der Waals surface area contributed by atoms with Crippen LogP contribution in [0.1, 0.15) is 34.1 Å². The second-order valence-electron chi connectivity index (χ2n) is 5.79. The topological polar surface area (TPSA) is 57.2 Å². The first kappa shape index (κ1) is 13.2. The minimum atomic E-state index is -0.669. The zero-order valence-electron chi connectivity index (χ0n) is 11.0. The lowest BCUT2D eigenvalue weighted by Gasteiger charge is -2.29. The quantitative estimate of drug-likeness (QED) is 0.806. The standard InChI is InChI=1S/C12H22O5/c1-10(2)14-6-9(16-10)5-12(7-13)8-15-11(3,4)17-12/h9,13H,5-8H2,1-4H3/t9-,12-/m0/s1. The number of aliphatic hydroxyl groups excluding tert-OH is 1. The first-order chi connectivity index (χ1) is 7.76. The summed E-state index contributed by atoms with van der Waals surface area (Å²) in [6.07, 6.45) is 0.519. The minimum Gasteiger partial charge on any atom is -0.393 e. The number of rotatable bonds is 3. The van der Waals surface area contributed by atoms with Crippen molar-refractivity contribution in [2.75, 3.05) is 19.8 Å². The summed E-state index contributed by atoms with van der Waals surface area (Å²) in [4.78, 5) is 0. The molecule has 0 aromatic carbocycles. The van der Waals surface area contributed by atoms with Gasteiger partial charge in [0, 0.05) is 6.42 Å². The van der Waals surface area contributed by atoms with Gasteiger partial charge in [-0.25, -0.2) is 0 Å². The molecule has 0 unspecified atom stereocenters. The highest BCUT2D eigenvalue weighted by molar-refractivity contribution is 4.91. The molecular formula is C12H22O5. The van der Waals surface area contributed by atoms with E-state index in [4.69, 9.17) is 18.9 Å². The molecule has 1 N–H and O–H groups in total. The van der Waals surface area contributed by atoms with Crippen LogP contribution in [0.4, 0.5) is 0 Å². The van der Waals surface area contributed by atoms with Gasteiger partial charge in [0.15, 0.2) is 11.6 Å². The molecule has 5 nitrogen and oxygen atoms in total. The minimum absolute atomic E-state index is 0.0605. The molecule has 2 aliphatic rings. The molecule has 0 aliphatic carbocycles. The Hall–Kier alpha value is -0.200. The van der Waals surface area contributed by atoms with Crippen LogP contribution in [-0.2, 0) is 18.9 Å². The van der Waals surface area contributed by atoms with E-state index in [9.17, 15) is 5.11 Å². The second-order valence-corrected chi connectivity index (χ2v) is 5.79. The highest BCUT2D eigenvalue weighted by Gasteiger charge is 2.48. The molecule has 100 valence electrons. The predicted octanol–water partition coefficient (Wildman–Crippen LogP) is 1.04. The van der Waals surface area contributed by atoms with E-state index >= 15 is 0 Å².